The van der Waals surface area contributed by atoms with Gasteiger partial charge in [-0.05, 0) is 25.0 Å². The first-order valence-corrected chi connectivity index (χ1v) is 5.39. The molecule has 2 heterocycles. The molecule has 4 heteroatoms. The zero-order valence-electron chi connectivity index (χ0n) is 8.83. The third kappa shape index (κ3) is 1.84. The van der Waals surface area contributed by atoms with Crippen molar-refractivity contribution in [3.63, 3.8) is 0 Å². The lowest BCUT2D eigenvalue weighted by Gasteiger charge is -2.20. The number of amides is 1. The minimum atomic E-state index is -0.0653. The van der Waals surface area contributed by atoms with E-state index in [-0.39, 0.29) is 11.3 Å². The highest BCUT2D eigenvalue weighted by molar-refractivity contribution is 6.24. The lowest BCUT2D eigenvalue weighted by atomic mass is 10.1. The van der Waals surface area contributed by atoms with Crippen molar-refractivity contribution in [2.45, 2.75) is 25.6 Å². The molecule has 0 N–H and O–H groups in total. The minimum Gasteiger partial charge on any atom is -0.310 e. The molecule has 1 unspecified atom stereocenters. The summed E-state index contributed by atoms with van der Waals surface area (Å²) in [6, 6.07) is 0. The molecule has 1 atom stereocenters. The highest BCUT2D eigenvalue weighted by Gasteiger charge is 2.30. The Morgan fingerprint density at radius 2 is 2.00 bits per heavy atom. The van der Waals surface area contributed by atoms with Gasteiger partial charge < -0.3 is 4.90 Å². The Labute approximate surface area is 94.1 Å². The van der Waals surface area contributed by atoms with E-state index < -0.39 is 0 Å². The quantitative estimate of drug-likeness (QED) is 0.684. The van der Waals surface area contributed by atoms with Crippen molar-refractivity contribution in [3.8, 4) is 0 Å². The predicted molar refractivity (Wildman–Crippen MR) is 60.3 cm³/mol. The molecule has 1 amide bonds. The summed E-state index contributed by atoms with van der Waals surface area (Å²) in [5.74, 6) is 0.104. The maximum absolute atomic E-state index is 11.7. The Hall–Kier alpha value is -1.09. The molecule has 1 aliphatic rings. The highest BCUT2D eigenvalue weighted by atomic mass is 35.5. The van der Waals surface area contributed by atoms with Gasteiger partial charge in [0.2, 0.25) is 5.91 Å². The van der Waals surface area contributed by atoms with Gasteiger partial charge in [-0.15, -0.1) is 11.6 Å². The third-order valence-electron chi connectivity index (χ3n) is 2.63. The summed E-state index contributed by atoms with van der Waals surface area (Å²) in [5.41, 5.74) is 3.02. The molecule has 1 aromatic heterocycles. The monoisotopic (exact) mass is 224 g/mol. The van der Waals surface area contributed by atoms with Crippen molar-refractivity contribution < 1.29 is 4.79 Å². The second-order valence-corrected chi connectivity index (χ2v) is 4.54. The summed E-state index contributed by atoms with van der Waals surface area (Å²) in [7, 11) is 0. The number of aryl methyl sites for hydroxylation is 2. The molecule has 1 aromatic rings. The van der Waals surface area contributed by atoms with Crippen molar-refractivity contribution in [1.29, 1.82) is 0 Å². The summed E-state index contributed by atoms with van der Waals surface area (Å²) in [5, 5.41) is -0.0653. The van der Waals surface area contributed by atoms with Gasteiger partial charge >= 0.3 is 0 Å². The molecule has 1 fully saturated rings. The summed E-state index contributed by atoms with van der Waals surface area (Å²) >= 11 is 5.98. The maximum Gasteiger partial charge on any atom is 0.228 e. The fourth-order valence-electron chi connectivity index (χ4n) is 2.00. The van der Waals surface area contributed by atoms with Crippen LogP contribution in [0.5, 0.6) is 0 Å². The lowest BCUT2D eigenvalue weighted by molar-refractivity contribution is -0.117. The zero-order chi connectivity index (χ0) is 11.0. The first kappa shape index (κ1) is 10.4. The van der Waals surface area contributed by atoms with Crippen molar-refractivity contribution in [1.82, 2.24) is 4.98 Å². The molecular weight excluding hydrogens is 212 g/mol. The number of halogens is 1. The molecule has 80 valence electrons. The molecule has 2 rings (SSSR count). The number of rotatable bonds is 1. The van der Waals surface area contributed by atoms with E-state index in [2.05, 4.69) is 4.98 Å². The van der Waals surface area contributed by atoms with Crippen LogP contribution in [0.25, 0.3) is 0 Å². The Balaban J connectivity index is 2.41. The smallest absolute Gasteiger partial charge is 0.228 e. The van der Waals surface area contributed by atoms with Crippen molar-refractivity contribution in [2.24, 2.45) is 0 Å². The van der Waals surface area contributed by atoms with Crippen LogP contribution in [-0.4, -0.2) is 22.8 Å². The Bertz CT molecular complexity index is 385. The van der Waals surface area contributed by atoms with Gasteiger partial charge in [0.15, 0.2) is 0 Å². The number of hydrogen-bond donors (Lipinski definition) is 0. The van der Waals surface area contributed by atoms with Crippen LogP contribution in [0.15, 0.2) is 12.4 Å². The summed E-state index contributed by atoms with van der Waals surface area (Å²) < 4.78 is 0. The molecule has 1 saturated heterocycles. The zero-order valence-corrected chi connectivity index (χ0v) is 9.58. The number of aromatic nitrogens is 1. The second kappa shape index (κ2) is 3.81. The molecule has 0 saturated carbocycles. The van der Waals surface area contributed by atoms with E-state index >= 15 is 0 Å². The van der Waals surface area contributed by atoms with Crippen LogP contribution < -0.4 is 4.90 Å². The topological polar surface area (TPSA) is 33.2 Å². The number of carbonyl (C=O) groups excluding carboxylic acids is 1. The average Bonchev–Trinajstić information content (AvgIpc) is 2.45. The molecule has 0 bridgehead atoms. The van der Waals surface area contributed by atoms with Crippen LogP contribution in [0, 0.1) is 13.8 Å². The minimum absolute atomic E-state index is 0.0653. The van der Waals surface area contributed by atoms with Crippen LogP contribution in [-0.2, 0) is 4.79 Å². The van der Waals surface area contributed by atoms with Crippen LogP contribution in [0.3, 0.4) is 0 Å². The standard InChI is InChI=1S/C11H13ClN2O/c1-7-4-13-5-8(2)11(7)14-6-9(12)3-10(14)15/h4-5,9H,3,6H2,1-2H3. The second-order valence-electron chi connectivity index (χ2n) is 3.93. The molecule has 0 spiro atoms. The molecule has 15 heavy (non-hydrogen) atoms. The Morgan fingerprint density at radius 1 is 1.40 bits per heavy atom. The summed E-state index contributed by atoms with van der Waals surface area (Å²) in [6.07, 6.45) is 3.98. The average molecular weight is 225 g/mol. The summed E-state index contributed by atoms with van der Waals surface area (Å²) in [4.78, 5) is 17.6. The number of nitrogens with zero attached hydrogens (tertiary/aromatic N) is 2. The maximum atomic E-state index is 11.7. The first-order chi connectivity index (χ1) is 7.09. The van der Waals surface area contributed by atoms with Crippen LogP contribution in [0.4, 0.5) is 5.69 Å². The number of pyridine rings is 1. The van der Waals surface area contributed by atoms with Crippen LogP contribution in [0.2, 0.25) is 0 Å². The molecular formula is C11H13ClN2O. The van der Waals surface area contributed by atoms with Gasteiger partial charge in [-0.25, -0.2) is 0 Å². The normalized spacial score (nSPS) is 21.1. The van der Waals surface area contributed by atoms with Gasteiger partial charge in [0, 0.05) is 25.4 Å². The van der Waals surface area contributed by atoms with Crippen LogP contribution in [0.1, 0.15) is 17.5 Å². The Kier molecular flexibility index (Phi) is 2.65. The lowest BCUT2D eigenvalue weighted by Crippen LogP contribution is -2.26. The molecule has 3 nitrogen and oxygen atoms in total. The fraction of sp³-hybridized carbons (Fsp3) is 0.455. The van der Waals surface area contributed by atoms with E-state index in [1.165, 1.54) is 0 Å². The van der Waals surface area contributed by atoms with Crippen molar-refractivity contribution in [2.75, 3.05) is 11.4 Å². The molecule has 0 aromatic carbocycles. The molecule has 0 aliphatic carbocycles. The van der Waals surface area contributed by atoms with Gasteiger partial charge in [0.25, 0.3) is 0 Å². The third-order valence-corrected chi connectivity index (χ3v) is 2.92. The van der Waals surface area contributed by atoms with Crippen molar-refractivity contribution in [3.05, 3.63) is 23.5 Å². The van der Waals surface area contributed by atoms with Gasteiger partial charge in [0.1, 0.15) is 0 Å². The predicted octanol–water partition coefficient (Wildman–Crippen LogP) is 2.04. The largest absolute Gasteiger partial charge is 0.310 e. The SMILES string of the molecule is Cc1cncc(C)c1N1CC(Cl)CC1=O. The number of alkyl halides is 1. The first-order valence-electron chi connectivity index (χ1n) is 4.95. The number of hydrogen-bond acceptors (Lipinski definition) is 2. The molecule has 0 radical (unpaired) electrons. The van der Waals surface area contributed by atoms with Crippen LogP contribution >= 0.6 is 11.6 Å². The van der Waals surface area contributed by atoms with Crippen molar-refractivity contribution >= 4 is 23.2 Å². The number of carbonyl (C=O) groups is 1. The van der Waals surface area contributed by atoms with E-state index in [1.807, 2.05) is 13.8 Å². The van der Waals surface area contributed by atoms with E-state index in [0.717, 1.165) is 16.8 Å². The van der Waals surface area contributed by atoms with Gasteiger partial charge in [-0.2, -0.15) is 0 Å². The van der Waals surface area contributed by atoms with E-state index in [0.29, 0.717) is 13.0 Å². The van der Waals surface area contributed by atoms with Gasteiger partial charge in [-0.1, -0.05) is 0 Å². The number of anilines is 1. The van der Waals surface area contributed by atoms with E-state index in [1.54, 1.807) is 17.3 Å². The van der Waals surface area contributed by atoms with Gasteiger partial charge in [0.05, 0.1) is 11.1 Å². The van der Waals surface area contributed by atoms with E-state index in [4.69, 9.17) is 11.6 Å². The highest BCUT2D eigenvalue weighted by Crippen LogP contribution is 2.29. The van der Waals surface area contributed by atoms with Gasteiger partial charge in [-0.3, -0.25) is 9.78 Å². The Morgan fingerprint density at radius 3 is 2.47 bits per heavy atom. The molecule has 1 aliphatic heterocycles. The van der Waals surface area contributed by atoms with E-state index in [9.17, 15) is 4.79 Å². The fourth-order valence-corrected chi connectivity index (χ4v) is 2.27. The summed E-state index contributed by atoms with van der Waals surface area (Å²) in [6.45, 7) is 4.53.